The van der Waals surface area contributed by atoms with Crippen LogP contribution in [0.25, 0.3) is 0 Å². The number of aryl methyl sites for hydroxylation is 1. The van der Waals surface area contributed by atoms with Gasteiger partial charge in [0.05, 0.1) is 11.5 Å². The van der Waals surface area contributed by atoms with Crippen LogP contribution in [0.2, 0.25) is 0 Å². The zero-order chi connectivity index (χ0) is 20.6. The van der Waals surface area contributed by atoms with Crippen molar-refractivity contribution in [2.75, 3.05) is 27.2 Å². The van der Waals surface area contributed by atoms with Gasteiger partial charge in [-0.2, -0.15) is 0 Å². The van der Waals surface area contributed by atoms with Crippen molar-refractivity contribution in [2.45, 2.75) is 24.9 Å². The number of nitrogens with one attached hydrogen (secondary N) is 1. The third-order valence-electron chi connectivity index (χ3n) is 6.11. The minimum atomic E-state index is -0.634. The summed E-state index contributed by atoms with van der Waals surface area (Å²) in [7, 11) is 3.50. The Morgan fingerprint density at radius 1 is 1.24 bits per heavy atom. The summed E-state index contributed by atoms with van der Waals surface area (Å²) < 4.78 is 13.6. The molecule has 1 fully saturated rings. The van der Waals surface area contributed by atoms with Gasteiger partial charge in [-0.1, -0.05) is 30.3 Å². The first-order valence-electron chi connectivity index (χ1n) is 9.96. The van der Waals surface area contributed by atoms with Gasteiger partial charge in [-0.15, -0.1) is 0 Å². The van der Waals surface area contributed by atoms with E-state index in [9.17, 15) is 14.0 Å². The minimum absolute atomic E-state index is 0.0120. The van der Waals surface area contributed by atoms with Crippen LogP contribution in [-0.2, 0) is 17.8 Å². The Morgan fingerprint density at radius 2 is 2.03 bits per heavy atom. The van der Waals surface area contributed by atoms with E-state index in [1.54, 1.807) is 25.1 Å². The van der Waals surface area contributed by atoms with Crippen LogP contribution in [0.15, 0.2) is 48.5 Å². The van der Waals surface area contributed by atoms with E-state index in [1.807, 2.05) is 30.3 Å². The summed E-state index contributed by atoms with van der Waals surface area (Å²) in [5, 5.41) is 3.22. The first-order valence-corrected chi connectivity index (χ1v) is 9.96. The highest BCUT2D eigenvalue weighted by Crippen LogP contribution is 2.36. The van der Waals surface area contributed by atoms with Gasteiger partial charge in [0.2, 0.25) is 5.91 Å². The van der Waals surface area contributed by atoms with Crippen LogP contribution in [0.3, 0.4) is 0 Å². The molecule has 0 unspecified atom stereocenters. The maximum Gasteiger partial charge on any atom is 0.252 e. The lowest BCUT2D eigenvalue weighted by molar-refractivity contribution is -0.134. The molecule has 2 atom stereocenters. The zero-order valence-corrected chi connectivity index (χ0v) is 16.8. The average molecular weight is 395 g/mol. The number of amides is 2. The highest BCUT2D eigenvalue weighted by atomic mass is 19.1. The number of fused-ring (bicyclic) bond motifs is 1. The molecule has 6 heteroatoms. The van der Waals surface area contributed by atoms with E-state index in [0.29, 0.717) is 31.6 Å². The van der Waals surface area contributed by atoms with E-state index >= 15 is 0 Å². The predicted molar refractivity (Wildman–Crippen MR) is 109 cm³/mol. The van der Waals surface area contributed by atoms with E-state index in [1.165, 1.54) is 12.1 Å². The lowest BCUT2D eigenvalue weighted by Crippen LogP contribution is -2.57. The summed E-state index contributed by atoms with van der Waals surface area (Å²) in [5.74, 6) is -0.722. The second-order valence-electron chi connectivity index (χ2n) is 8.35. The minimum Gasteiger partial charge on any atom is -0.348 e. The van der Waals surface area contributed by atoms with Crippen LogP contribution in [-0.4, -0.2) is 54.3 Å². The normalized spacial score (nSPS) is 24.1. The molecule has 2 aromatic rings. The van der Waals surface area contributed by atoms with E-state index < -0.39 is 5.54 Å². The van der Waals surface area contributed by atoms with E-state index in [2.05, 4.69) is 10.2 Å². The molecule has 1 spiro atoms. The quantitative estimate of drug-likeness (QED) is 0.869. The second kappa shape index (κ2) is 7.59. The number of nitrogens with zero attached hydrogens (tertiary/aromatic N) is 2. The summed E-state index contributed by atoms with van der Waals surface area (Å²) in [6.07, 6.45) is 1.43. The second-order valence-corrected chi connectivity index (χ2v) is 8.35. The first-order chi connectivity index (χ1) is 13.9. The van der Waals surface area contributed by atoms with Crippen LogP contribution in [0, 0.1) is 11.7 Å². The Balaban J connectivity index is 1.64. The van der Waals surface area contributed by atoms with Crippen LogP contribution >= 0.6 is 0 Å². The first kappa shape index (κ1) is 19.6. The number of hydrogen-bond acceptors (Lipinski definition) is 3. The molecule has 2 aliphatic heterocycles. The zero-order valence-electron chi connectivity index (χ0n) is 16.8. The summed E-state index contributed by atoms with van der Waals surface area (Å²) in [5.41, 5.74) is 1.93. The number of benzene rings is 2. The van der Waals surface area contributed by atoms with Crippen molar-refractivity contribution in [2.24, 2.45) is 5.92 Å². The fourth-order valence-electron chi connectivity index (χ4n) is 4.70. The molecule has 2 heterocycles. The SMILES string of the molecule is CN(C)C(=O)[C@H]1CN(Cc2cccc(F)c2)C[C@@]12CCc1ccccc1C(=O)N2. The molecular formula is C23H26FN3O2. The summed E-state index contributed by atoms with van der Waals surface area (Å²) in [6, 6.07) is 14.2. The molecule has 0 saturated carbocycles. The summed E-state index contributed by atoms with van der Waals surface area (Å²) in [6.45, 7) is 1.64. The van der Waals surface area contributed by atoms with Crippen LogP contribution in [0.4, 0.5) is 4.39 Å². The van der Waals surface area contributed by atoms with Gasteiger partial charge in [-0.05, 0) is 42.2 Å². The number of likely N-dealkylation sites (tertiary alicyclic amines) is 1. The van der Waals surface area contributed by atoms with Crippen molar-refractivity contribution in [3.63, 3.8) is 0 Å². The average Bonchev–Trinajstić information content (AvgIpc) is 2.95. The Labute approximate surface area is 170 Å². The topological polar surface area (TPSA) is 52.7 Å². The van der Waals surface area contributed by atoms with Gasteiger partial charge in [0.15, 0.2) is 0 Å². The van der Waals surface area contributed by atoms with Gasteiger partial charge in [0, 0.05) is 39.3 Å². The lowest BCUT2D eigenvalue weighted by Gasteiger charge is -2.35. The Morgan fingerprint density at radius 3 is 2.79 bits per heavy atom. The van der Waals surface area contributed by atoms with Crippen molar-refractivity contribution in [1.29, 1.82) is 0 Å². The largest absolute Gasteiger partial charge is 0.348 e. The molecule has 4 rings (SSSR count). The van der Waals surface area contributed by atoms with Crippen LogP contribution in [0.5, 0.6) is 0 Å². The van der Waals surface area contributed by atoms with Crippen molar-refractivity contribution >= 4 is 11.8 Å². The smallest absolute Gasteiger partial charge is 0.252 e. The van der Waals surface area contributed by atoms with E-state index in [0.717, 1.165) is 17.5 Å². The van der Waals surface area contributed by atoms with Gasteiger partial charge in [0.1, 0.15) is 5.82 Å². The molecule has 2 aromatic carbocycles. The van der Waals surface area contributed by atoms with Gasteiger partial charge in [-0.25, -0.2) is 4.39 Å². The lowest BCUT2D eigenvalue weighted by atomic mass is 9.81. The van der Waals surface area contributed by atoms with Crippen LogP contribution in [0.1, 0.15) is 27.9 Å². The fourth-order valence-corrected chi connectivity index (χ4v) is 4.70. The monoisotopic (exact) mass is 395 g/mol. The Bertz CT molecular complexity index is 945. The molecule has 0 aromatic heterocycles. The molecule has 2 aliphatic rings. The fraction of sp³-hybridized carbons (Fsp3) is 0.391. The standard InChI is InChI=1S/C23H26FN3O2/c1-26(2)22(29)20-14-27(13-16-6-5-8-18(24)12-16)15-23(20)11-10-17-7-3-4-9-19(17)21(28)25-23/h3-9,12,20H,10-11,13-15H2,1-2H3,(H,25,28)/t20-,23+/m1/s1. The molecule has 0 radical (unpaired) electrons. The van der Waals surface area contributed by atoms with E-state index in [4.69, 9.17) is 0 Å². The Kier molecular flexibility index (Phi) is 5.13. The molecule has 2 amide bonds. The number of rotatable bonds is 3. The molecule has 1 saturated heterocycles. The third-order valence-corrected chi connectivity index (χ3v) is 6.11. The van der Waals surface area contributed by atoms with Crippen LogP contribution < -0.4 is 5.32 Å². The molecule has 0 bridgehead atoms. The molecule has 152 valence electrons. The summed E-state index contributed by atoms with van der Waals surface area (Å²) >= 11 is 0. The van der Waals surface area contributed by atoms with Gasteiger partial charge < -0.3 is 10.2 Å². The molecule has 1 N–H and O–H groups in total. The van der Waals surface area contributed by atoms with Gasteiger partial charge in [0.25, 0.3) is 5.91 Å². The highest BCUT2D eigenvalue weighted by Gasteiger charge is 2.52. The maximum absolute atomic E-state index is 13.6. The molecular weight excluding hydrogens is 369 g/mol. The van der Waals surface area contributed by atoms with Crippen molar-refractivity contribution in [3.05, 3.63) is 71.0 Å². The predicted octanol–water partition coefficient (Wildman–Crippen LogP) is 2.46. The third kappa shape index (κ3) is 3.77. The van der Waals surface area contributed by atoms with Crippen molar-refractivity contribution < 1.29 is 14.0 Å². The van der Waals surface area contributed by atoms with E-state index in [-0.39, 0.29) is 23.5 Å². The molecule has 29 heavy (non-hydrogen) atoms. The number of hydrogen-bond donors (Lipinski definition) is 1. The number of carbonyl (C=O) groups is 2. The molecule has 5 nitrogen and oxygen atoms in total. The number of halogens is 1. The summed E-state index contributed by atoms with van der Waals surface area (Å²) in [4.78, 5) is 29.8. The van der Waals surface area contributed by atoms with Crippen molar-refractivity contribution in [3.8, 4) is 0 Å². The maximum atomic E-state index is 13.6. The van der Waals surface area contributed by atoms with Gasteiger partial charge >= 0.3 is 0 Å². The Hall–Kier alpha value is -2.73. The molecule has 0 aliphatic carbocycles. The van der Waals surface area contributed by atoms with Crippen molar-refractivity contribution in [1.82, 2.24) is 15.1 Å². The number of carbonyl (C=O) groups excluding carboxylic acids is 2. The highest BCUT2D eigenvalue weighted by molar-refractivity contribution is 5.97. The van der Waals surface area contributed by atoms with Gasteiger partial charge in [-0.3, -0.25) is 14.5 Å².